The Morgan fingerprint density at radius 1 is 0.892 bits per heavy atom. The number of hydrogen-bond acceptors (Lipinski definition) is 11. The molecule has 4 aromatic carbocycles. The molecule has 1 atom stereocenters. The van der Waals surface area contributed by atoms with Crippen LogP contribution in [0.25, 0.3) is 33.4 Å². The second-order valence-electron chi connectivity index (χ2n) is 14.6. The van der Waals surface area contributed by atoms with E-state index in [-0.39, 0.29) is 47.2 Å². The molecule has 1 saturated heterocycles. The fourth-order valence-electron chi connectivity index (χ4n) is 7.31. The monoisotopic (exact) mass is 936 g/mol. The number of anilines is 1. The molecule has 4 aromatic rings. The van der Waals surface area contributed by atoms with Gasteiger partial charge in [0.05, 0.1) is 23.5 Å². The van der Waals surface area contributed by atoms with E-state index in [1.165, 1.54) is 43.1 Å². The molecule has 65 heavy (non-hydrogen) atoms. The lowest BCUT2D eigenvalue weighted by Gasteiger charge is -2.36. The molecule has 1 fully saturated rings. The Morgan fingerprint density at radius 2 is 1.62 bits per heavy atom. The summed E-state index contributed by atoms with van der Waals surface area (Å²) < 4.78 is 97.2. The molecule has 3 heterocycles. The van der Waals surface area contributed by atoms with Gasteiger partial charge < -0.3 is 34.1 Å². The minimum atomic E-state index is -5.04. The minimum absolute atomic E-state index is 0.0438. The van der Waals surface area contributed by atoms with Crippen molar-refractivity contribution >= 4 is 63.0 Å². The first-order valence-corrected chi connectivity index (χ1v) is 20.7. The van der Waals surface area contributed by atoms with Gasteiger partial charge in [-0.1, -0.05) is 36.0 Å². The molecule has 20 heteroatoms. The van der Waals surface area contributed by atoms with Crippen LogP contribution in [0.5, 0.6) is 17.2 Å². The van der Waals surface area contributed by atoms with Crippen molar-refractivity contribution in [3.05, 3.63) is 130 Å². The van der Waals surface area contributed by atoms with Crippen molar-refractivity contribution in [2.24, 2.45) is 4.99 Å². The highest BCUT2D eigenvalue weighted by atomic mass is 32.2. The van der Waals surface area contributed by atoms with E-state index in [0.717, 1.165) is 33.8 Å². The summed E-state index contributed by atoms with van der Waals surface area (Å²) in [6.45, 7) is 1.58. The predicted octanol–water partition coefficient (Wildman–Crippen LogP) is 8.87. The van der Waals surface area contributed by atoms with Crippen molar-refractivity contribution < 1.29 is 59.7 Å². The van der Waals surface area contributed by atoms with Gasteiger partial charge >= 0.3 is 18.5 Å². The molecule has 0 bridgehead atoms. The third-order valence-electron chi connectivity index (χ3n) is 10.4. The zero-order valence-electron chi connectivity index (χ0n) is 33.8. The zero-order chi connectivity index (χ0) is 46.6. The van der Waals surface area contributed by atoms with Crippen LogP contribution in [0, 0.1) is 0 Å². The molecule has 0 saturated carbocycles. The largest absolute Gasteiger partial charge is 0.508 e. The van der Waals surface area contributed by atoms with Crippen LogP contribution in [0.2, 0.25) is 0 Å². The number of thiocarbonyl (C=S) groups is 1. The third kappa shape index (κ3) is 10.6. The van der Waals surface area contributed by atoms with Crippen molar-refractivity contribution in [1.29, 1.82) is 0 Å². The van der Waals surface area contributed by atoms with E-state index < -0.39 is 40.9 Å². The van der Waals surface area contributed by atoms with Crippen LogP contribution in [0.15, 0.2) is 111 Å². The Labute approximate surface area is 374 Å². The van der Waals surface area contributed by atoms with Gasteiger partial charge in [-0.3, -0.25) is 9.59 Å². The number of rotatable bonds is 8. The van der Waals surface area contributed by atoms with Crippen molar-refractivity contribution in [3.8, 4) is 39.7 Å². The second kappa shape index (κ2) is 19.1. The number of halogens is 6. The lowest BCUT2D eigenvalue weighted by Crippen LogP contribution is -2.51. The summed E-state index contributed by atoms with van der Waals surface area (Å²) in [7, 11) is 1.34. The molecule has 2 N–H and O–H groups in total. The number of fused-ring (bicyclic) bond motifs is 2. The minimum Gasteiger partial charge on any atom is -0.508 e. The SMILES string of the molecule is COc1cc(CC2SC(N3CCN(C(=S)Nc4ccc(-c5c6ccc(=O)cc-6oc6cc(O)ccc56)cc4)CC3)=NC2=O)ccc1OCc1ccc(C(F)(F)F)cc1C(F)(F)F.O=C=O. The highest BCUT2D eigenvalue weighted by Gasteiger charge is 2.38. The highest BCUT2D eigenvalue weighted by Crippen LogP contribution is 2.42. The summed E-state index contributed by atoms with van der Waals surface area (Å²) in [5.41, 5.74) is 0.835. The topological polar surface area (TPSA) is 151 Å². The van der Waals surface area contributed by atoms with Gasteiger partial charge in [0.25, 0.3) is 5.91 Å². The third-order valence-corrected chi connectivity index (χ3v) is 12.0. The van der Waals surface area contributed by atoms with Crippen LogP contribution >= 0.6 is 24.0 Å². The Kier molecular flexibility index (Phi) is 13.5. The summed E-state index contributed by atoms with van der Waals surface area (Å²) >= 11 is 7.10. The first-order chi connectivity index (χ1) is 30.9. The van der Waals surface area contributed by atoms with E-state index in [4.69, 9.17) is 35.7 Å². The lowest BCUT2D eigenvalue weighted by molar-refractivity contribution is -0.191. The van der Waals surface area contributed by atoms with Crippen molar-refractivity contribution in [2.45, 2.75) is 30.6 Å². The number of ether oxygens (including phenoxy) is 2. The van der Waals surface area contributed by atoms with E-state index >= 15 is 0 Å². The number of aliphatic imine (C=N–C) groups is 1. The molecule has 336 valence electrons. The number of alkyl halides is 6. The second-order valence-corrected chi connectivity index (χ2v) is 16.1. The van der Waals surface area contributed by atoms with Gasteiger partial charge in [-0.25, -0.2) is 0 Å². The van der Waals surface area contributed by atoms with E-state index in [9.17, 15) is 41.0 Å². The van der Waals surface area contributed by atoms with Crippen LogP contribution in [-0.4, -0.2) is 75.8 Å². The van der Waals surface area contributed by atoms with Crippen molar-refractivity contribution in [3.63, 3.8) is 0 Å². The van der Waals surface area contributed by atoms with Crippen LogP contribution in [0.1, 0.15) is 22.3 Å². The molecular formula is C45H34F6N4O8S2. The molecule has 1 unspecified atom stereocenters. The molecule has 8 rings (SSSR count). The van der Waals surface area contributed by atoms with Gasteiger partial charge in [-0.15, -0.1) is 0 Å². The number of amides is 1. The number of piperazine rings is 1. The number of hydrogen-bond donors (Lipinski definition) is 2. The van der Waals surface area contributed by atoms with E-state index in [2.05, 4.69) is 10.3 Å². The fourth-order valence-corrected chi connectivity index (χ4v) is 8.77. The van der Waals surface area contributed by atoms with Crippen molar-refractivity contribution in [1.82, 2.24) is 9.80 Å². The molecule has 3 aliphatic heterocycles. The average molecular weight is 937 g/mol. The number of carbonyl (C=O) groups excluding carboxylic acids is 3. The highest BCUT2D eigenvalue weighted by molar-refractivity contribution is 8.15. The van der Waals surface area contributed by atoms with Crippen LogP contribution < -0.4 is 20.2 Å². The number of carbonyl (C=O) groups is 1. The Bertz CT molecular complexity index is 2860. The first kappa shape index (κ1) is 46.1. The summed E-state index contributed by atoms with van der Waals surface area (Å²) in [5.74, 6) is 0.387. The number of amidine groups is 1. The van der Waals surface area contributed by atoms with Crippen LogP contribution in [-0.2, 0) is 39.8 Å². The maximum absolute atomic E-state index is 13.7. The molecule has 4 aliphatic rings. The number of methoxy groups -OCH3 is 1. The van der Waals surface area contributed by atoms with Gasteiger partial charge in [-0.05, 0) is 90.4 Å². The van der Waals surface area contributed by atoms with E-state index in [1.807, 2.05) is 34.1 Å². The summed E-state index contributed by atoms with van der Waals surface area (Å²) in [5, 5.41) is 14.7. The van der Waals surface area contributed by atoms with E-state index in [1.54, 1.807) is 30.3 Å². The first-order valence-electron chi connectivity index (χ1n) is 19.4. The van der Waals surface area contributed by atoms with Gasteiger partial charge in [0.15, 0.2) is 27.2 Å². The number of nitrogens with one attached hydrogen (secondary N) is 1. The van der Waals surface area contributed by atoms with Gasteiger partial charge in [-0.2, -0.15) is 40.9 Å². The molecule has 1 amide bonds. The standard InChI is InChI=1S/C44H34F6N4O6S2.CO2/c1-58-37-18-24(2-13-34(37)59-23-26-3-6-27(43(45,46)47)20-33(26)44(48,49)50)19-38-40(57)52-42(62-38)54-16-14-53(15-17-54)41(61)51-28-7-4-25(5-8-28)39-31-11-9-29(55)21-35(31)60-36-22-30(56)10-12-32(36)39;2-1-3/h2-13,18,20-22,38,55H,14-17,19,23H2,1H3,(H,51,61);. The quantitative estimate of drug-likeness (QED) is 0.0851. The lowest BCUT2D eigenvalue weighted by atomic mass is 9.93. The van der Waals surface area contributed by atoms with Gasteiger partial charge in [0, 0.05) is 66.1 Å². The molecule has 0 aromatic heterocycles. The summed E-state index contributed by atoms with van der Waals surface area (Å²) in [4.78, 5) is 49.8. The maximum atomic E-state index is 13.7. The van der Waals surface area contributed by atoms with E-state index in [0.29, 0.717) is 59.4 Å². The Balaban J connectivity index is 0.00000204. The number of thioether (sulfide) groups is 1. The fraction of sp³-hybridized carbons (Fsp3) is 0.222. The summed E-state index contributed by atoms with van der Waals surface area (Å²) in [6.07, 6.45) is -9.46. The number of nitrogens with zero attached hydrogens (tertiary/aromatic N) is 3. The number of phenols is 1. The summed E-state index contributed by atoms with van der Waals surface area (Å²) in [6, 6.07) is 23.3. The Hall–Kier alpha value is -6.89. The molecule has 0 spiro atoms. The normalized spacial score (nSPS) is 15.3. The van der Waals surface area contributed by atoms with Gasteiger partial charge in [0.2, 0.25) is 0 Å². The maximum Gasteiger partial charge on any atom is 0.416 e. The van der Waals surface area contributed by atoms with Gasteiger partial charge in [0.1, 0.15) is 23.7 Å². The molecule has 0 radical (unpaired) electrons. The molecule has 12 nitrogen and oxygen atoms in total. The number of benzene rings is 5. The van der Waals surface area contributed by atoms with Crippen LogP contribution in [0.4, 0.5) is 32.0 Å². The average Bonchev–Trinajstić information content (AvgIpc) is 3.63. The molecule has 1 aliphatic carbocycles. The number of aromatic hydroxyl groups is 1. The Morgan fingerprint density at radius 3 is 2.29 bits per heavy atom. The molecular weight excluding hydrogens is 903 g/mol. The predicted molar refractivity (Wildman–Crippen MR) is 232 cm³/mol. The van der Waals surface area contributed by atoms with Crippen molar-refractivity contribution in [2.75, 3.05) is 38.6 Å². The zero-order valence-corrected chi connectivity index (χ0v) is 35.4. The number of phenolic OH excluding ortho intramolecular Hbond substituents is 1. The smallest absolute Gasteiger partial charge is 0.416 e. The van der Waals surface area contributed by atoms with Crippen LogP contribution in [0.3, 0.4) is 0 Å².